The Morgan fingerprint density at radius 1 is 0.675 bits per heavy atom. The quantitative estimate of drug-likeness (QED) is 0.505. The molecule has 2 atom stereocenters. The Morgan fingerprint density at radius 3 is 1.77 bits per heavy atom. The molecule has 1 aliphatic carbocycles. The van der Waals surface area contributed by atoms with Gasteiger partial charge in [0.1, 0.15) is 11.5 Å². The lowest BCUT2D eigenvalue weighted by Crippen LogP contribution is -2.27. The van der Waals surface area contributed by atoms with Gasteiger partial charge < -0.3 is 38.6 Å². The topological polar surface area (TPSA) is 95.8 Å². The van der Waals surface area contributed by atoms with Crippen molar-refractivity contribution in [2.45, 2.75) is 24.9 Å². The van der Waals surface area contributed by atoms with Crippen molar-refractivity contribution in [2.24, 2.45) is 5.92 Å². The average Bonchev–Trinajstić information content (AvgIpc) is 2.93. The van der Waals surface area contributed by atoms with E-state index in [9.17, 15) is 19.0 Å². The molecule has 40 heavy (non-hydrogen) atoms. The van der Waals surface area contributed by atoms with Crippen molar-refractivity contribution in [1.29, 1.82) is 0 Å². The zero-order chi connectivity index (χ0) is 27.9. The van der Waals surface area contributed by atoms with Gasteiger partial charge in [0.25, 0.3) is 0 Å². The average molecular weight is 561 g/mol. The Balaban J connectivity index is 1.41. The third kappa shape index (κ3) is 6.82. The van der Waals surface area contributed by atoms with E-state index >= 15 is 0 Å². The molecule has 0 radical (unpaired) electrons. The summed E-state index contributed by atoms with van der Waals surface area (Å²) in [5, 5.41) is 19.9. The number of phenolic OH excluding ortho intramolecular Hbond substituents is 2. The van der Waals surface area contributed by atoms with Crippen LogP contribution in [0, 0.1) is 17.6 Å². The van der Waals surface area contributed by atoms with Gasteiger partial charge in [-0.15, -0.1) is 0 Å². The van der Waals surface area contributed by atoms with Crippen molar-refractivity contribution in [3.05, 3.63) is 70.8 Å². The number of halogens is 2. The van der Waals surface area contributed by atoms with Crippen LogP contribution >= 0.6 is 0 Å². The molecule has 2 heterocycles. The number of benzene rings is 2. The highest BCUT2D eigenvalue weighted by molar-refractivity contribution is 5.62. The third-order valence-corrected chi connectivity index (χ3v) is 7.13. The van der Waals surface area contributed by atoms with E-state index in [1.54, 1.807) is 0 Å². The molecular formula is C30H34F2O8. The Bertz CT molecular complexity index is 1170. The molecule has 1 fully saturated rings. The fourth-order valence-corrected chi connectivity index (χ4v) is 5.15. The van der Waals surface area contributed by atoms with Gasteiger partial charge in [-0.25, -0.2) is 8.78 Å². The monoisotopic (exact) mass is 560 g/mol. The maximum absolute atomic E-state index is 14.5. The first-order valence-electron chi connectivity index (χ1n) is 13.6. The Labute approximate surface area is 231 Å². The van der Waals surface area contributed by atoms with Crippen LogP contribution in [0.1, 0.15) is 29.9 Å². The summed E-state index contributed by atoms with van der Waals surface area (Å²) in [5.41, 5.74) is 1.62. The Kier molecular flexibility index (Phi) is 9.66. The standard InChI is InChI=1S/C30H34F2O8/c31-23-15-21-28(17-25(23)33)40-29-18-26(34)24(32)16-22(29)30(21)20-4-3-19-2-1-5-35-6-7-36-8-9-37-10-11-38-12-13-39-27(19)14-20/h3-4,14-19,27,30,33-34H,1-2,5-13H2. The summed E-state index contributed by atoms with van der Waals surface area (Å²) in [6.45, 7) is 4.24. The normalized spacial score (nSPS) is 23.5. The number of hydrogen-bond acceptors (Lipinski definition) is 8. The van der Waals surface area contributed by atoms with Gasteiger partial charge in [-0.2, -0.15) is 0 Å². The number of ether oxygens (including phenoxy) is 6. The molecule has 2 N–H and O–H groups in total. The number of fused-ring (bicyclic) bond motifs is 3. The fourth-order valence-electron chi connectivity index (χ4n) is 5.15. The molecule has 8 nitrogen and oxygen atoms in total. The predicted molar refractivity (Wildman–Crippen MR) is 141 cm³/mol. The van der Waals surface area contributed by atoms with E-state index in [1.165, 1.54) is 24.3 Å². The molecule has 2 aliphatic heterocycles. The van der Waals surface area contributed by atoms with Crippen molar-refractivity contribution >= 4 is 0 Å². The number of hydrogen-bond donors (Lipinski definition) is 2. The second-order valence-corrected chi connectivity index (χ2v) is 9.83. The van der Waals surface area contributed by atoms with Gasteiger partial charge in [-0.3, -0.25) is 0 Å². The highest BCUT2D eigenvalue weighted by Gasteiger charge is 2.34. The maximum Gasteiger partial charge on any atom is 0.165 e. The Morgan fingerprint density at radius 2 is 1.20 bits per heavy atom. The predicted octanol–water partition coefficient (Wildman–Crippen LogP) is 4.97. The lowest BCUT2D eigenvalue weighted by molar-refractivity contribution is -0.0260. The van der Waals surface area contributed by atoms with Crippen LogP contribution in [0.3, 0.4) is 0 Å². The molecule has 216 valence electrons. The second-order valence-electron chi connectivity index (χ2n) is 9.83. The van der Waals surface area contributed by atoms with Crippen LogP contribution < -0.4 is 4.74 Å². The third-order valence-electron chi connectivity index (χ3n) is 7.13. The van der Waals surface area contributed by atoms with E-state index < -0.39 is 29.1 Å². The first-order chi connectivity index (χ1) is 19.5. The van der Waals surface area contributed by atoms with Gasteiger partial charge in [0.2, 0.25) is 0 Å². The molecule has 0 aromatic heterocycles. The summed E-state index contributed by atoms with van der Waals surface area (Å²) in [6, 6.07) is 4.78. The molecule has 0 saturated carbocycles. The van der Waals surface area contributed by atoms with Gasteiger partial charge >= 0.3 is 0 Å². The summed E-state index contributed by atoms with van der Waals surface area (Å²) >= 11 is 0. The van der Waals surface area contributed by atoms with Crippen molar-refractivity contribution in [3.8, 4) is 23.0 Å². The lowest BCUT2D eigenvalue weighted by atomic mass is 9.78. The van der Waals surface area contributed by atoms with Crippen LogP contribution in [0.5, 0.6) is 23.0 Å². The lowest BCUT2D eigenvalue weighted by Gasteiger charge is -2.33. The van der Waals surface area contributed by atoms with E-state index in [0.717, 1.165) is 18.4 Å². The molecule has 3 aliphatic rings. The van der Waals surface area contributed by atoms with Crippen LogP contribution in [0.2, 0.25) is 0 Å². The molecule has 2 aromatic rings. The van der Waals surface area contributed by atoms with Crippen LogP contribution in [-0.2, 0) is 23.7 Å². The zero-order valence-corrected chi connectivity index (χ0v) is 22.2. The largest absolute Gasteiger partial charge is 0.505 e. The first-order valence-corrected chi connectivity index (χ1v) is 13.6. The smallest absolute Gasteiger partial charge is 0.165 e. The van der Waals surface area contributed by atoms with Crippen LogP contribution in [0.4, 0.5) is 8.78 Å². The van der Waals surface area contributed by atoms with Crippen molar-refractivity contribution in [1.82, 2.24) is 0 Å². The van der Waals surface area contributed by atoms with Crippen LogP contribution in [-0.4, -0.2) is 75.8 Å². The minimum Gasteiger partial charge on any atom is -0.505 e. The molecule has 2 aromatic carbocycles. The number of allylic oxidation sites excluding steroid dienone is 2. The fraction of sp³-hybridized carbons (Fsp3) is 0.467. The summed E-state index contributed by atoms with van der Waals surface area (Å²) in [5.74, 6) is -2.87. The molecule has 0 amide bonds. The van der Waals surface area contributed by atoms with Gasteiger partial charge in [0.05, 0.1) is 59.0 Å². The molecule has 1 saturated heterocycles. The maximum atomic E-state index is 14.5. The SMILES string of the molecule is Oc1cc2c(cc1F)C(C1=CC3OCCOCCOCCOCCOCCCC3C=C1)c1cc(F)c(O)cc1O2. The number of phenols is 2. The molecule has 10 heteroatoms. The van der Waals surface area contributed by atoms with E-state index in [2.05, 4.69) is 6.08 Å². The molecular weight excluding hydrogens is 526 g/mol. The summed E-state index contributed by atoms with van der Waals surface area (Å²) < 4.78 is 63.5. The minimum absolute atomic E-state index is 0.0534. The minimum atomic E-state index is -0.813. The van der Waals surface area contributed by atoms with E-state index in [1.807, 2.05) is 12.2 Å². The van der Waals surface area contributed by atoms with E-state index in [0.29, 0.717) is 70.6 Å². The molecule has 2 unspecified atom stereocenters. The summed E-state index contributed by atoms with van der Waals surface area (Å²) in [7, 11) is 0. The zero-order valence-electron chi connectivity index (χ0n) is 22.2. The highest BCUT2D eigenvalue weighted by atomic mass is 19.1. The van der Waals surface area contributed by atoms with Gasteiger partial charge in [-0.1, -0.05) is 18.2 Å². The summed E-state index contributed by atoms with van der Waals surface area (Å²) in [4.78, 5) is 0. The van der Waals surface area contributed by atoms with Crippen molar-refractivity contribution in [2.75, 3.05) is 59.5 Å². The second kappa shape index (κ2) is 13.6. The van der Waals surface area contributed by atoms with Crippen molar-refractivity contribution < 1.29 is 47.4 Å². The number of rotatable bonds is 1. The van der Waals surface area contributed by atoms with Crippen LogP contribution in [0.15, 0.2) is 48.1 Å². The van der Waals surface area contributed by atoms with Crippen LogP contribution in [0.25, 0.3) is 0 Å². The molecule has 0 bridgehead atoms. The number of aromatic hydroxyl groups is 2. The molecule has 5 rings (SSSR count). The Hall–Kier alpha value is -3.02. The van der Waals surface area contributed by atoms with Gasteiger partial charge in [0.15, 0.2) is 23.1 Å². The van der Waals surface area contributed by atoms with Gasteiger partial charge in [0, 0.05) is 41.7 Å². The van der Waals surface area contributed by atoms with E-state index in [-0.39, 0.29) is 23.5 Å². The van der Waals surface area contributed by atoms with Gasteiger partial charge in [-0.05, 0) is 30.5 Å². The van der Waals surface area contributed by atoms with Crippen molar-refractivity contribution in [3.63, 3.8) is 0 Å². The first kappa shape index (κ1) is 28.5. The molecule has 0 spiro atoms. The summed E-state index contributed by atoms with van der Waals surface area (Å²) in [6.07, 6.45) is 7.28. The van der Waals surface area contributed by atoms with E-state index in [4.69, 9.17) is 28.4 Å². The highest BCUT2D eigenvalue weighted by Crippen LogP contribution is 2.51.